The second-order valence-corrected chi connectivity index (χ2v) is 8.63. The number of carbonyl (C=O) groups is 2. The van der Waals surface area contributed by atoms with Crippen molar-refractivity contribution in [1.29, 1.82) is 0 Å². The number of benzene rings is 2. The summed E-state index contributed by atoms with van der Waals surface area (Å²) in [5.41, 5.74) is 4.68. The number of nitrogens with zero attached hydrogens (tertiary/aromatic N) is 2. The van der Waals surface area contributed by atoms with Crippen LogP contribution in [-0.4, -0.2) is 48.1 Å². The largest absolute Gasteiger partial charge is 0.368 e. The van der Waals surface area contributed by atoms with Crippen LogP contribution in [0, 0.1) is 13.8 Å². The highest BCUT2D eigenvalue weighted by Crippen LogP contribution is 2.36. The number of anilines is 2. The van der Waals surface area contributed by atoms with Gasteiger partial charge in [0.15, 0.2) is 0 Å². The van der Waals surface area contributed by atoms with Crippen LogP contribution in [0.1, 0.15) is 17.5 Å². The number of aryl methyl sites for hydroxylation is 1. The molecule has 0 radical (unpaired) electrons. The molecule has 0 spiro atoms. The molecule has 2 heterocycles. The molecule has 0 saturated carbocycles. The Morgan fingerprint density at radius 2 is 1.82 bits per heavy atom. The van der Waals surface area contributed by atoms with Crippen LogP contribution in [0.5, 0.6) is 0 Å². The lowest BCUT2D eigenvalue weighted by atomic mass is 10.1. The van der Waals surface area contributed by atoms with Gasteiger partial charge < -0.3 is 15.1 Å². The summed E-state index contributed by atoms with van der Waals surface area (Å²) in [7, 11) is 0. The van der Waals surface area contributed by atoms with E-state index in [0.29, 0.717) is 13.1 Å². The lowest BCUT2D eigenvalue weighted by Crippen LogP contribution is -2.50. The molecule has 2 amide bonds. The van der Waals surface area contributed by atoms with E-state index in [2.05, 4.69) is 42.3 Å². The van der Waals surface area contributed by atoms with Crippen LogP contribution in [-0.2, 0) is 9.59 Å². The SMILES string of the molecule is Cc1cccc(N2CCN(C(=O)C[C@H]3Sc4ccccc4NC3=O)CC2)c1C. The zero-order chi connectivity index (χ0) is 19.7. The Hall–Kier alpha value is -2.47. The van der Waals surface area contributed by atoms with Gasteiger partial charge in [0.2, 0.25) is 11.8 Å². The van der Waals surface area contributed by atoms with E-state index in [1.54, 1.807) is 0 Å². The Bertz CT molecular complexity index is 906. The third-order valence-corrected chi connectivity index (χ3v) is 6.89. The fourth-order valence-electron chi connectivity index (χ4n) is 3.79. The Morgan fingerprint density at radius 1 is 1.07 bits per heavy atom. The van der Waals surface area contributed by atoms with E-state index < -0.39 is 0 Å². The topological polar surface area (TPSA) is 52.6 Å². The molecule has 2 aromatic carbocycles. The molecule has 4 rings (SSSR count). The second kappa shape index (κ2) is 7.87. The average Bonchev–Trinajstić information content (AvgIpc) is 2.71. The van der Waals surface area contributed by atoms with Gasteiger partial charge in [-0.1, -0.05) is 24.3 Å². The van der Waals surface area contributed by atoms with Crippen LogP contribution in [0.25, 0.3) is 0 Å². The molecule has 0 aliphatic carbocycles. The molecule has 2 aliphatic rings. The van der Waals surface area contributed by atoms with Crippen LogP contribution >= 0.6 is 11.8 Å². The van der Waals surface area contributed by atoms with Crippen molar-refractivity contribution in [1.82, 2.24) is 4.90 Å². The van der Waals surface area contributed by atoms with Crippen LogP contribution in [0.4, 0.5) is 11.4 Å². The van der Waals surface area contributed by atoms with Crippen LogP contribution in [0.2, 0.25) is 0 Å². The highest BCUT2D eigenvalue weighted by Gasteiger charge is 2.31. The number of hydrogen-bond donors (Lipinski definition) is 1. The number of para-hydroxylation sites is 1. The van der Waals surface area contributed by atoms with Crippen LogP contribution in [0.15, 0.2) is 47.4 Å². The quantitative estimate of drug-likeness (QED) is 0.865. The van der Waals surface area contributed by atoms with Crippen molar-refractivity contribution in [2.24, 2.45) is 0 Å². The normalized spacial score (nSPS) is 19.2. The van der Waals surface area contributed by atoms with Gasteiger partial charge in [-0.15, -0.1) is 11.8 Å². The smallest absolute Gasteiger partial charge is 0.238 e. The second-order valence-electron chi connectivity index (χ2n) is 7.38. The van der Waals surface area contributed by atoms with E-state index in [-0.39, 0.29) is 23.5 Å². The van der Waals surface area contributed by atoms with Gasteiger partial charge in [0.25, 0.3) is 0 Å². The fraction of sp³-hybridized carbons (Fsp3) is 0.364. The molecule has 2 aliphatic heterocycles. The summed E-state index contributed by atoms with van der Waals surface area (Å²) in [6, 6.07) is 14.1. The van der Waals surface area contributed by atoms with Crippen molar-refractivity contribution in [3.63, 3.8) is 0 Å². The van der Waals surface area contributed by atoms with Gasteiger partial charge in [0.05, 0.1) is 10.9 Å². The molecule has 1 fully saturated rings. The van der Waals surface area contributed by atoms with Gasteiger partial charge in [-0.25, -0.2) is 0 Å². The third kappa shape index (κ3) is 3.74. The fourth-order valence-corrected chi connectivity index (χ4v) is 4.89. The summed E-state index contributed by atoms with van der Waals surface area (Å²) >= 11 is 1.49. The first kappa shape index (κ1) is 18.9. The monoisotopic (exact) mass is 395 g/mol. The molecule has 28 heavy (non-hydrogen) atoms. The highest BCUT2D eigenvalue weighted by molar-refractivity contribution is 8.01. The molecule has 1 N–H and O–H groups in total. The summed E-state index contributed by atoms with van der Waals surface area (Å²) < 4.78 is 0. The lowest BCUT2D eigenvalue weighted by Gasteiger charge is -2.37. The molecule has 1 saturated heterocycles. The first-order chi connectivity index (χ1) is 13.5. The summed E-state index contributed by atoms with van der Waals surface area (Å²) in [6.07, 6.45) is 0.244. The first-order valence-electron chi connectivity index (χ1n) is 9.68. The maximum absolute atomic E-state index is 12.8. The molecular formula is C22H25N3O2S. The third-order valence-electron chi connectivity index (χ3n) is 5.62. The predicted octanol–water partition coefficient (Wildman–Crippen LogP) is 3.46. The van der Waals surface area contributed by atoms with E-state index in [0.717, 1.165) is 23.7 Å². The minimum absolute atomic E-state index is 0.0626. The molecule has 2 aromatic rings. The van der Waals surface area contributed by atoms with Gasteiger partial charge in [-0.2, -0.15) is 0 Å². The van der Waals surface area contributed by atoms with Gasteiger partial charge in [0.1, 0.15) is 0 Å². The highest BCUT2D eigenvalue weighted by atomic mass is 32.2. The molecule has 1 atom stereocenters. The zero-order valence-corrected chi connectivity index (χ0v) is 17.1. The molecule has 6 heteroatoms. The number of thioether (sulfide) groups is 1. The standard InChI is InChI=1S/C22H25N3O2S/c1-15-6-5-8-18(16(15)2)24-10-12-25(13-11-24)21(26)14-20-22(27)23-17-7-3-4-9-19(17)28-20/h3-9,20H,10-14H2,1-2H3,(H,23,27)/t20-/m1/s1. The van der Waals surface area contributed by atoms with Gasteiger partial charge in [0, 0.05) is 43.2 Å². The van der Waals surface area contributed by atoms with Crippen LogP contribution < -0.4 is 10.2 Å². The van der Waals surface area contributed by atoms with E-state index in [1.807, 2.05) is 29.2 Å². The molecular weight excluding hydrogens is 370 g/mol. The van der Waals surface area contributed by atoms with Crippen molar-refractivity contribution in [2.45, 2.75) is 30.4 Å². The first-order valence-corrected chi connectivity index (χ1v) is 10.6. The number of fused-ring (bicyclic) bond motifs is 1. The maximum Gasteiger partial charge on any atom is 0.238 e. The van der Waals surface area contributed by atoms with Gasteiger partial charge in [-0.05, 0) is 43.2 Å². The number of hydrogen-bond acceptors (Lipinski definition) is 4. The molecule has 0 aromatic heterocycles. The Balaban J connectivity index is 1.36. The van der Waals surface area contributed by atoms with Crippen molar-refractivity contribution in [2.75, 3.05) is 36.4 Å². The molecule has 0 bridgehead atoms. The predicted molar refractivity (Wildman–Crippen MR) is 114 cm³/mol. The minimum atomic E-state index is -0.362. The number of amides is 2. The lowest BCUT2D eigenvalue weighted by molar-refractivity contribution is -0.132. The van der Waals surface area contributed by atoms with E-state index in [1.165, 1.54) is 28.6 Å². The molecule has 146 valence electrons. The van der Waals surface area contributed by atoms with E-state index >= 15 is 0 Å². The summed E-state index contributed by atoms with van der Waals surface area (Å²) in [5.74, 6) is -0.0151. The Kier molecular flexibility index (Phi) is 5.31. The summed E-state index contributed by atoms with van der Waals surface area (Å²) in [5, 5.41) is 2.56. The maximum atomic E-state index is 12.8. The van der Waals surface area contributed by atoms with Crippen molar-refractivity contribution in [3.8, 4) is 0 Å². The molecule has 5 nitrogen and oxygen atoms in total. The summed E-state index contributed by atoms with van der Waals surface area (Å²) in [6.45, 7) is 7.32. The molecule has 0 unspecified atom stereocenters. The minimum Gasteiger partial charge on any atom is -0.368 e. The van der Waals surface area contributed by atoms with E-state index in [4.69, 9.17) is 0 Å². The Labute approximate surface area is 170 Å². The summed E-state index contributed by atoms with van der Waals surface area (Å²) in [4.78, 5) is 30.5. The zero-order valence-electron chi connectivity index (χ0n) is 16.3. The average molecular weight is 396 g/mol. The van der Waals surface area contributed by atoms with Crippen molar-refractivity contribution >= 4 is 35.0 Å². The van der Waals surface area contributed by atoms with Crippen molar-refractivity contribution < 1.29 is 9.59 Å². The van der Waals surface area contributed by atoms with E-state index in [9.17, 15) is 9.59 Å². The number of piperazine rings is 1. The number of rotatable bonds is 3. The number of carbonyl (C=O) groups excluding carboxylic acids is 2. The van der Waals surface area contributed by atoms with Gasteiger partial charge in [-0.3, -0.25) is 9.59 Å². The number of nitrogens with one attached hydrogen (secondary N) is 1. The van der Waals surface area contributed by atoms with Gasteiger partial charge >= 0.3 is 0 Å². The van der Waals surface area contributed by atoms with Crippen molar-refractivity contribution in [3.05, 3.63) is 53.6 Å². The Morgan fingerprint density at radius 3 is 2.61 bits per heavy atom. The van der Waals surface area contributed by atoms with Crippen LogP contribution in [0.3, 0.4) is 0 Å².